The molecular weight excluding hydrogens is 455 g/mol. The molecule has 34 heavy (non-hydrogen) atoms. The molecule has 2 aromatic carbocycles. The quantitative estimate of drug-likeness (QED) is 0.604. The molecular formula is C25H29FN4O3S. The number of carbonyl (C=O) groups excluding carboxylic acids is 2. The standard InChI is InChI=1S/C25H29FN4O3S/c1-25(2,3)22(24(32)29-12-14-34(33)15-13-29)27-23(31)21-19-6-4-5-7-20(19)30(28-21)16-17-8-10-18(26)11-9-17/h4-11,22H,12-16H2,1-3H3,(H,27,31). The van der Waals surface area contributed by atoms with Crippen LogP contribution in [0.5, 0.6) is 0 Å². The summed E-state index contributed by atoms with van der Waals surface area (Å²) in [6, 6.07) is 12.8. The average Bonchev–Trinajstić information content (AvgIpc) is 3.17. The number of nitrogens with zero attached hydrogens (tertiary/aromatic N) is 3. The predicted molar refractivity (Wildman–Crippen MR) is 130 cm³/mol. The van der Waals surface area contributed by atoms with Crippen molar-refractivity contribution in [2.45, 2.75) is 33.4 Å². The van der Waals surface area contributed by atoms with Gasteiger partial charge >= 0.3 is 0 Å². The highest BCUT2D eigenvalue weighted by molar-refractivity contribution is 7.85. The van der Waals surface area contributed by atoms with Crippen LogP contribution in [0.1, 0.15) is 36.8 Å². The minimum absolute atomic E-state index is 0.174. The number of hydrogen-bond acceptors (Lipinski definition) is 4. The molecule has 9 heteroatoms. The molecule has 1 N–H and O–H groups in total. The average molecular weight is 485 g/mol. The molecule has 0 bridgehead atoms. The largest absolute Gasteiger partial charge is 0.339 e. The van der Waals surface area contributed by atoms with E-state index in [0.29, 0.717) is 36.5 Å². The van der Waals surface area contributed by atoms with E-state index in [1.165, 1.54) is 12.1 Å². The maximum Gasteiger partial charge on any atom is 0.273 e. The molecule has 4 rings (SSSR count). The van der Waals surface area contributed by atoms with E-state index in [1.54, 1.807) is 21.7 Å². The van der Waals surface area contributed by atoms with E-state index in [0.717, 1.165) is 11.1 Å². The Morgan fingerprint density at radius 3 is 2.38 bits per heavy atom. The van der Waals surface area contributed by atoms with Crippen molar-refractivity contribution in [3.8, 4) is 0 Å². The normalized spacial score (nSPS) is 15.9. The first-order valence-corrected chi connectivity index (χ1v) is 12.8. The van der Waals surface area contributed by atoms with Crippen LogP contribution in [0.15, 0.2) is 48.5 Å². The number of rotatable bonds is 5. The second-order valence-electron chi connectivity index (χ2n) is 9.60. The van der Waals surface area contributed by atoms with Gasteiger partial charge < -0.3 is 10.2 Å². The third-order valence-electron chi connectivity index (χ3n) is 6.00. The maximum atomic E-state index is 13.4. The molecule has 0 radical (unpaired) electrons. The molecule has 0 spiro atoms. The van der Waals surface area contributed by atoms with Gasteiger partial charge in [-0.1, -0.05) is 51.1 Å². The molecule has 2 heterocycles. The molecule has 1 fully saturated rings. The summed E-state index contributed by atoms with van der Waals surface area (Å²) in [5.74, 6) is -0.00765. The van der Waals surface area contributed by atoms with E-state index >= 15 is 0 Å². The summed E-state index contributed by atoms with van der Waals surface area (Å²) in [7, 11) is -0.898. The van der Waals surface area contributed by atoms with E-state index in [1.807, 2.05) is 45.0 Å². The summed E-state index contributed by atoms with van der Waals surface area (Å²) in [6.07, 6.45) is 0. The topological polar surface area (TPSA) is 84.3 Å². The van der Waals surface area contributed by atoms with E-state index < -0.39 is 28.2 Å². The zero-order valence-corrected chi connectivity index (χ0v) is 20.4. The Morgan fingerprint density at radius 2 is 1.74 bits per heavy atom. The monoisotopic (exact) mass is 484 g/mol. The molecule has 1 unspecified atom stereocenters. The summed E-state index contributed by atoms with van der Waals surface area (Å²) in [5.41, 5.74) is 1.33. The number of halogens is 1. The zero-order chi connectivity index (χ0) is 24.5. The number of aromatic nitrogens is 2. The van der Waals surface area contributed by atoms with Crippen LogP contribution in [-0.2, 0) is 22.1 Å². The summed E-state index contributed by atoms with van der Waals surface area (Å²) in [4.78, 5) is 28.4. The summed E-state index contributed by atoms with van der Waals surface area (Å²) >= 11 is 0. The fourth-order valence-electron chi connectivity index (χ4n) is 4.07. The van der Waals surface area contributed by atoms with Crippen LogP contribution in [0, 0.1) is 11.2 Å². The van der Waals surface area contributed by atoms with Crippen LogP contribution in [0.2, 0.25) is 0 Å². The van der Waals surface area contributed by atoms with Gasteiger partial charge in [0.2, 0.25) is 5.91 Å². The third kappa shape index (κ3) is 5.19. The summed E-state index contributed by atoms with van der Waals surface area (Å²) in [5, 5.41) is 8.17. The van der Waals surface area contributed by atoms with Crippen LogP contribution in [0.4, 0.5) is 4.39 Å². The summed E-state index contributed by atoms with van der Waals surface area (Å²) < 4.78 is 26.7. The molecule has 3 aromatic rings. The Hall–Kier alpha value is -3.07. The van der Waals surface area contributed by atoms with Crippen molar-refractivity contribution in [3.63, 3.8) is 0 Å². The Kier molecular flexibility index (Phi) is 6.84. The van der Waals surface area contributed by atoms with Crippen molar-refractivity contribution >= 4 is 33.5 Å². The second-order valence-corrected chi connectivity index (χ2v) is 11.3. The highest BCUT2D eigenvalue weighted by Gasteiger charge is 2.37. The summed E-state index contributed by atoms with van der Waals surface area (Å²) in [6.45, 7) is 6.93. The lowest BCUT2D eigenvalue weighted by Crippen LogP contribution is -2.57. The molecule has 2 amide bonds. The van der Waals surface area contributed by atoms with E-state index in [4.69, 9.17) is 0 Å². The molecule has 1 saturated heterocycles. The number of benzene rings is 2. The maximum absolute atomic E-state index is 13.4. The van der Waals surface area contributed by atoms with Gasteiger partial charge in [-0.25, -0.2) is 4.39 Å². The van der Waals surface area contributed by atoms with Crippen LogP contribution in [0.3, 0.4) is 0 Å². The number of para-hydroxylation sites is 1. The van der Waals surface area contributed by atoms with Crippen molar-refractivity contribution in [3.05, 3.63) is 65.6 Å². The first-order chi connectivity index (χ1) is 16.1. The van der Waals surface area contributed by atoms with E-state index in [2.05, 4.69) is 10.4 Å². The Balaban J connectivity index is 1.61. The lowest BCUT2D eigenvalue weighted by atomic mass is 9.85. The Bertz CT molecular complexity index is 1220. The first-order valence-electron chi connectivity index (χ1n) is 11.3. The molecule has 1 aliphatic rings. The molecule has 180 valence electrons. The van der Waals surface area contributed by atoms with Gasteiger partial charge in [0.15, 0.2) is 5.69 Å². The van der Waals surface area contributed by atoms with E-state index in [-0.39, 0.29) is 17.4 Å². The van der Waals surface area contributed by atoms with Gasteiger partial charge in [-0.2, -0.15) is 5.10 Å². The molecule has 0 saturated carbocycles. The smallest absolute Gasteiger partial charge is 0.273 e. The van der Waals surface area contributed by atoms with Gasteiger partial charge in [0.25, 0.3) is 5.91 Å². The third-order valence-corrected chi connectivity index (χ3v) is 7.27. The second kappa shape index (κ2) is 9.66. The number of fused-ring (bicyclic) bond motifs is 1. The Labute approximate surface area is 200 Å². The van der Waals surface area contributed by atoms with Crippen molar-refractivity contribution in [1.29, 1.82) is 0 Å². The van der Waals surface area contributed by atoms with Gasteiger partial charge in [-0.15, -0.1) is 0 Å². The molecule has 1 aliphatic heterocycles. The number of hydrogen-bond donors (Lipinski definition) is 1. The SMILES string of the molecule is CC(C)(C)C(NC(=O)c1nn(Cc2ccc(F)cc2)c2ccccc12)C(=O)N1CCS(=O)CC1. The lowest BCUT2D eigenvalue weighted by Gasteiger charge is -2.36. The van der Waals surface area contributed by atoms with Crippen molar-refractivity contribution in [2.24, 2.45) is 5.41 Å². The van der Waals surface area contributed by atoms with Gasteiger partial charge in [0, 0.05) is 40.8 Å². The van der Waals surface area contributed by atoms with E-state index in [9.17, 15) is 18.2 Å². The van der Waals surface area contributed by atoms with Crippen LogP contribution < -0.4 is 5.32 Å². The molecule has 7 nitrogen and oxygen atoms in total. The molecule has 1 atom stereocenters. The van der Waals surface area contributed by atoms with Crippen molar-refractivity contribution < 1.29 is 18.2 Å². The zero-order valence-electron chi connectivity index (χ0n) is 19.6. The highest BCUT2D eigenvalue weighted by Crippen LogP contribution is 2.24. The van der Waals surface area contributed by atoms with Crippen molar-refractivity contribution in [2.75, 3.05) is 24.6 Å². The van der Waals surface area contributed by atoms with Crippen LogP contribution >= 0.6 is 0 Å². The molecule has 0 aliphatic carbocycles. The number of amides is 2. The fraction of sp³-hybridized carbons (Fsp3) is 0.400. The van der Waals surface area contributed by atoms with Gasteiger partial charge in [0.05, 0.1) is 12.1 Å². The predicted octanol–water partition coefficient (Wildman–Crippen LogP) is 2.96. The number of carbonyl (C=O) groups is 2. The van der Waals surface area contributed by atoms with Crippen LogP contribution in [-0.4, -0.2) is 61.3 Å². The van der Waals surface area contributed by atoms with Gasteiger partial charge in [0.1, 0.15) is 11.9 Å². The minimum Gasteiger partial charge on any atom is -0.339 e. The fourth-order valence-corrected chi connectivity index (χ4v) is 5.12. The van der Waals surface area contributed by atoms with Gasteiger partial charge in [-0.05, 0) is 29.2 Å². The number of nitrogens with one attached hydrogen (secondary N) is 1. The van der Waals surface area contributed by atoms with Crippen molar-refractivity contribution in [1.82, 2.24) is 20.0 Å². The minimum atomic E-state index is -0.898. The molecule has 1 aromatic heterocycles. The van der Waals surface area contributed by atoms with Crippen LogP contribution in [0.25, 0.3) is 10.9 Å². The highest BCUT2D eigenvalue weighted by atomic mass is 32.2. The first kappa shape index (κ1) is 24.1. The Morgan fingerprint density at radius 1 is 1.09 bits per heavy atom. The van der Waals surface area contributed by atoms with Gasteiger partial charge in [-0.3, -0.25) is 18.5 Å². The lowest BCUT2D eigenvalue weighted by molar-refractivity contribution is -0.135.